The molecule has 0 aliphatic carbocycles. The van der Waals surface area contributed by atoms with Crippen LogP contribution in [-0.4, -0.2) is 29.4 Å². The minimum absolute atomic E-state index is 0.112. The third kappa shape index (κ3) is 5.25. The van der Waals surface area contributed by atoms with Crippen molar-refractivity contribution in [2.75, 3.05) is 13.7 Å². The number of phenolic OH excluding ortho intramolecular Hbond substituents is 1. The third-order valence-electron chi connectivity index (χ3n) is 4.26. The first-order valence-corrected chi connectivity index (χ1v) is 8.25. The first kappa shape index (κ1) is 18.3. The number of aliphatic hydroxyl groups excluding tert-OH is 1. The fourth-order valence-electron chi connectivity index (χ4n) is 2.63. The second-order valence-corrected chi connectivity index (χ2v) is 6.68. The minimum atomic E-state index is -0.601. The second-order valence-electron chi connectivity index (χ2n) is 6.68. The molecule has 1 unspecified atom stereocenters. The monoisotopic (exact) mass is 329 g/mol. The number of aryl methyl sites for hydroxylation is 1. The molecule has 0 spiro atoms. The quantitative estimate of drug-likeness (QED) is 0.694. The number of aromatic hydroxyl groups is 1. The summed E-state index contributed by atoms with van der Waals surface area (Å²) in [6.07, 6.45) is 1.23. The van der Waals surface area contributed by atoms with Crippen molar-refractivity contribution < 1.29 is 14.9 Å². The molecule has 0 amide bonds. The lowest BCUT2D eigenvalue weighted by Crippen LogP contribution is -2.42. The molecular formula is C20H27NO3. The number of hydrogen-bond acceptors (Lipinski definition) is 4. The molecule has 0 fully saturated rings. The van der Waals surface area contributed by atoms with E-state index in [1.54, 1.807) is 31.4 Å². The molecule has 4 nitrogen and oxygen atoms in total. The van der Waals surface area contributed by atoms with Crippen molar-refractivity contribution in [2.24, 2.45) is 0 Å². The second kappa shape index (κ2) is 8.18. The van der Waals surface area contributed by atoms with Gasteiger partial charge in [0.1, 0.15) is 11.5 Å². The lowest BCUT2D eigenvalue weighted by atomic mass is 9.94. The Bertz CT molecular complexity index is 638. The minimum Gasteiger partial charge on any atom is -0.508 e. The SMILES string of the molecule is COc1ccccc1CCC(C)(C)NCC(O)c1ccc(O)cc1. The van der Waals surface area contributed by atoms with Gasteiger partial charge in [0.25, 0.3) is 0 Å². The van der Waals surface area contributed by atoms with E-state index >= 15 is 0 Å². The van der Waals surface area contributed by atoms with Crippen molar-refractivity contribution in [3.63, 3.8) is 0 Å². The molecule has 1 atom stereocenters. The molecule has 4 heteroatoms. The maximum absolute atomic E-state index is 10.3. The number of β-amino-alcohol motifs (C(OH)–C–C–N with tert-alkyl or cyclic N) is 1. The first-order chi connectivity index (χ1) is 11.4. The molecule has 2 aromatic rings. The van der Waals surface area contributed by atoms with Gasteiger partial charge in [-0.05, 0) is 56.0 Å². The Morgan fingerprint density at radius 2 is 1.75 bits per heavy atom. The third-order valence-corrected chi connectivity index (χ3v) is 4.26. The number of aliphatic hydroxyl groups is 1. The number of rotatable bonds is 8. The van der Waals surface area contributed by atoms with Gasteiger partial charge in [0, 0.05) is 12.1 Å². The van der Waals surface area contributed by atoms with Gasteiger partial charge in [-0.3, -0.25) is 0 Å². The zero-order valence-electron chi connectivity index (χ0n) is 14.6. The Kier molecular flexibility index (Phi) is 6.23. The van der Waals surface area contributed by atoms with Crippen molar-refractivity contribution >= 4 is 0 Å². The van der Waals surface area contributed by atoms with Gasteiger partial charge in [-0.15, -0.1) is 0 Å². The molecule has 0 aliphatic rings. The smallest absolute Gasteiger partial charge is 0.122 e. The van der Waals surface area contributed by atoms with Crippen LogP contribution in [0.1, 0.15) is 37.5 Å². The summed E-state index contributed by atoms with van der Waals surface area (Å²) in [4.78, 5) is 0. The Hall–Kier alpha value is -2.04. The summed E-state index contributed by atoms with van der Waals surface area (Å²) in [5.74, 6) is 1.12. The van der Waals surface area contributed by atoms with Crippen LogP contribution in [0.2, 0.25) is 0 Å². The van der Waals surface area contributed by atoms with E-state index in [0.29, 0.717) is 6.54 Å². The molecule has 0 saturated carbocycles. The predicted molar refractivity (Wildman–Crippen MR) is 96.5 cm³/mol. The number of methoxy groups -OCH3 is 1. The van der Waals surface area contributed by atoms with Crippen LogP contribution in [0.15, 0.2) is 48.5 Å². The van der Waals surface area contributed by atoms with Gasteiger partial charge in [0.2, 0.25) is 0 Å². The van der Waals surface area contributed by atoms with Crippen LogP contribution < -0.4 is 10.1 Å². The fraction of sp³-hybridized carbons (Fsp3) is 0.400. The maximum atomic E-state index is 10.3. The van der Waals surface area contributed by atoms with Gasteiger partial charge in [0.15, 0.2) is 0 Å². The van der Waals surface area contributed by atoms with E-state index in [0.717, 1.165) is 24.2 Å². The fourth-order valence-corrected chi connectivity index (χ4v) is 2.63. The van der Waals surface area contributed by atoms with E-state index in [1.807, 2.05) is 18.2 Å². The molecular weight excluding hydrogens is 302 g/mol. The summed E-state index contributed by atoms with van der Waals surface area (Å²) in [6, 6.07) is 14.7. The summed E-state index contributed by atoms with van der Waals surface area (Å²) < 4.78 is 5.40. The average molecular weight is 329 g/mol. The number of phenols is 1. The van der Waals surface area contributed by atoms with Gasteiger partial charge in [-0.1, -0.05) is 30.3 Å². The van der Waals surface area contributed by atoms with Crippen molar-refractivity contribution in [3.8, 4) is 11.5 Å². The number of benzene rings is 2. The van der Waals surface area contributed by atoms with Gasteiger partial charge in [0.05, 0.1) is 13.2 Å². The number of ether oxygens (including phenoxy) is 1. The van der Waals surface area contributed by atoms with Crippen LogP contribution in [0.4, 0.5) is 0 Å². The molecule has 0 heterocycles. The maximum Gasteiger partial charge on any atom is 0.122 e. The zero-order valence-corrected chi connectivity index (χ0v) is 14.6. The van der Waals surface area contributed by atoms with Crippen molar-refractivity contribution in [2.45, 2.75) is 38.3 Å². The standard InChI is InChI=1S/C20H27NO3/c1-20(2,13-12-16-6-4-5-7-19(16)24-3)21-14-18(23)15-8-10-17(22)11-9-15/h4-11,18,21-23H,12-14H2,1-3H3. The highest BCUT2D eigenvalue weighted by Crippen LogP contribution is 2.23. The highest BCUT2D eigenvalue weighted by Gasteiger charge is 2.19. The van der Waals surface area contributed by atoms with E-state index in [2.05, 4.69) is 25.2 Å². The van der Waals surface area contributed by atoms with Crippen LogP contribution in [0.25, 0.3) is 0 Å². The molecule has 3 N–H and O–H groups in total. The molecule has 0 aliphatic heterocycles. The summed E-state index contributed by atoms with van der Waals surface area (Å²) in [7, 11) is 1.69. The van der Waals surface area contributed by atoms with Crippen LogP contribution in [0.5, 0.6) is 11.5 Å². The zero-order chi connectivity index (χ0) is 17.6. The van der Waals surface area contributed by atoms with Crippen LogP contribution in [0, 0.1) is 0 Å². The first-order valence-electron chi connectivity index (χ1n) is 8.25. The lowest BCUT2D eigenvalue weighted by Gasteiger charge is -2.28. The largest absolute Gasteiger partial charge is 0.508 e. The lowest BCUT2D eigenvalue weighted by molar-refractivity contribution is 0.159. The van der Waals surface area contributed by atoms with Crippen molar-refractivity contribution in [1.82, 2.24) is 5.32 Å². The Balaban J connectivity index is 1.87. The molecule has 0 aromatic heterocycles. The highest BCUT2D eigenvalue weighted by atomic mass is 16.5. The molecule has 0 saturated heterocycles. The van der Waals surface area contributed by atoms with Crippen LogP contribution >= 0.6 is 0 Å². The number of para-hydroxylation sites is 1. The summed E-state index contributed by atoms with van der Waals surface area (Å²) in [6.45, 7) is 4.72. The van der Waals surface area contributed by atoms with E-state index in [9.17, 15) is 10.2 Å². The molecule has 0 radical (unpaired) electrons. The molecule has 0 bridgehead atoms. The number of hydrogen-bond donors (Lipinski definition) is 3. The van der Waals surface area contributed by atoms with Crippen molar-refractivity contribution in [1.29, 1.82) is 0 Å². The molecule has 130 valence electrons. The predicted octanol–water partition coefficient (Wildman–Crippen LogP) is 3.44. The Morgan fingerprint density at radius 3 is 2.42 bits per heavy atom. The Morgan fingerprint density at radius 1 is 1.08 bits per heavy atom. The summed E-state index contributed by atoms with van der Waals surface area (Å²) >= 11 is 0. The van der Waals surface area contributed by atoms with Gasteiger partial charge >= 0.3 is 0 Å². The summed E-state index contributed by atoms with van der Waals surface area (Å²) in [5, 5.41) is 23.0. The van der Waals surface area contributed by atoms with Gasteiger partial charge in [-0.2, -0.15) is 0 Å². The van der Waals surface area contributed by atoms with Gasteiger partial charge < -0.3 is 20.3 Å². The molecule has 24 heavy (non-hydrogen) atoms. The average Bonchev–Trinajstić information content (AvgIpc) is 2.59. The van der Waals surface area contributed by atoms with E-state index in [1.165, 1.54) is 5.56 Å². The van der Waals surface area contributed by atoms with E-state index in [4.69, 9.17) is 4.74 Å². The van der Waals surface area contributed by atoms with Crippen LogP contribution in [0.3, 0.4) is 0 Å². The molecule has 2 aromatic carbocycles. The van der Waals surface area contributed by atoms with Gasteiger partial charge in [-0.25, -0.2) is 0 Å². The Labute approximate surface area is 144 Å². The van der Waals surface area contributed by atoms with Crippen LogP contribution in [-0.2, 0) is 6.42 Å². The van der Waals surface area contributed by atoms with Crippen molar-refractivity contribution in [3.05, 3.63) is 59.7 Å². The topological polar surface area (TPSA) is 61.7 Å². The normalized spacial score (nSPS) is 12.8. The number of nitrogens with one attached hydrogen (secondary N) is 1. The molecule has 2 rings (SSSR count). The highest BCUT2D eigenvalue weighted by molar-refractivity contribution is 5.33. The van der Waals surface area contributed by atoms with E-state index in [-0.39, 0.29) is 11.3 Å². The summed E-state index contributed by atoms with van der Waals surface area (Å²) in [5.41, 5.74) is 1.87. The van der Waals surface area contributed by atoms with E-state index < -0.39 is 6.10 Å².